The normalized spacial score (nSPS) is 21.7. The summed E-state index contributed by atoms with van der Waals surface area (Å²) in [6, 6.07) is 6.09. The van der Waals surface area contributed by atoms with Gasteiger partial charge in [0.2, 0.25) is 0 Å². The fourth-order valence-corrected chi connectivity index (χ4v) is 2.92. The lowest BCUT2D eigenvalue weighted by Gasteiger charge is -2.24. The van der Waals surface area contributed by atoms with Crippen molar-refractivity contribution in [3.63, 3.8) is 0 Å². The van der Waals surface area contributed by atoms with Crippen molar-refractivity contribution in [1.29, 1.82) is 0 Å². The van der Waals surface area contributed by atoms with Crippen molar-refractivity contribution >= 4 is 11.5 Å². The molecule has 2 rings (SSSR count). The number of allylic oxidation sites excluding steroid dienone is 4. The predicted molar refractivity (Wildman–Crippen MR) is 82.9 cm³/mol. The molecule has 0 radical (unpaired) electrons. The minimum atomic E-state index is -1.09. The maximum atomic E-state index is 14.3. The minimum absolute atomic E-state index is 0.0288. The molecule has 0 aromatic heterocycles. The Labute approximate surface area is 125 Å². The number of aryl methyl sites for hydroxylation is 2. The van der Waals surface area contributed by atoms with Crippen LogP contribution in [0, 0.1) is 19.8 Å². The van der Waals surface area contributed by atoms with Gasteiger partial charge < -0.3 is 5.11 Å². The van der Waals surface area contributed by atoms with E-state index in [0.717, 1.165) is 22.3 Å². The average molecular weight is 288 g/mol. The Morgan fingerprint density at radius 3 is 2.48 bits per heavy atom. The molecule has 0 bridgehead atoms. The van der Waals surface area contributed by atoms with E-state index in [1.54, 1.807) is 0 Å². The summed E-state index contributed by atoms with van der Waals surface area (Å²) >= 11 is 0. The highest BCUT2D eigenvalue weighted by Gasteiger charge is 2.25. The smallest absolute Gasteiger partial charge is 0.303 e. The van der Waals surface area contributed by atoms with Crippen LogP contribution in [-0.4, -0.2) is 17.2 Å². The first-order valence-electron chi connectivity index (χ1n) is 7.25. The van der Waals surface area contributed by atoms with Crippen molar-refractivity contribution in [3.8, 4) is 0 Å². The summed E-state index contributed by atoms with van der Waals surface area (Å²) in [6.07, 6.45) is 2.94. The molecule has 1 aromatic rings. The van der Waals surface area contributed by atoms with E-state index < -0.39 is 12.1 Å². The molecule has 1 aromatic carbocycles. The van der Waals surface area contributed by atoms with Gasteiger partial charge in [0.15, 0.2) is 0 Å². The molecule has 2 atom stereocenters. The summed E-state index contributed by atoms with van der Waals surface area (Å²) in [5.41, 5.74) is 5.03. The van der Waals surface area contributed by atoms with Crippen LogP contribution < -0.4 is 0 Å². The maximum Gasteiger partial charge on any atom is 0.303 e. The minimum Gasteiger partial charge on any atom is -0.481 e. The van der Waals surface area contributed by atoms with Crippen LogP contribution in [0.1, 0.15) is 36.5 Å². The maximum absolute atomic E-state index is 14.3. The molecule has 1 aliphatic rings. The second-order valence-electron chi connectivity index (χ2n) is 5.76. The van der Waals surface area contributed by atoms with E-state index >= 15 is 0 Å². The van der Waals surface area contributed by atoms with Gasteiger partial charge in [-0.05, 0) is 48.1 Å². The number of rotatable bonds is 4. The van der Waals surface area contributed by atoms with Gasteiger partial charge in [-0.2, -0.15) is 0 Å². The standard InChI is InChI=1S/C18H21FO2/c1-11-5-4-6-12(2)17(11)15-9-13(3)18(19)14(10-15)7-8-16(20)21/h4-6,9-10,13,18H,7-8H2,1-3H3,(H,20,21). The summed E-state index contributed by atoms with van der Waals surface area (Å²) in [5.74, 6) is -1.12. The van der Waals surface area contributed by atoms with E-state index in [-0.39, 0.29) is 18.8 Å². The molecule has 0 saturated carbocycles. The van der Waals surface area contributed by atoms with Crippen molar-refractivity contribution < 1.29 is 14.3 Å². The van der Waals surface area contributed by atoms with Gasteiger partial charge in [-0.3, -0.25) is 4.79 Å². The molecule has 112 valence electrons. The molecule has 0 fully saturated rings. The average Bonchev–Trinajstić information content (AvgIpc) is 2.40. The summed E-state index contributed by atoms with van der Waals surface area (Å²) in [4.78, 5) is 10.7. The molecular formula is C18H21FO2. The Morgan fingerprint density at radius 1 is 1.29 bits per heavy atom. The summed E-state index contributed by atoms with van der Waals surface area (Å²) in [6.45, 7) is 5.92. The number of carbonyl (C=O) groups is 1. The monoisotopic (exact) mass is 288 g/mol. The Kier molecular flexibility index (Phi) is 4.61. The van der Waals surface area contributed by atoms with Gasteiger partial charge in [0, 0.05) is 12.3 Å². The second kappa shape index (κ2) is 6.25. The zero-order valence-electron chi connectivity index (χ0n) is 12.7. The van der Waals surface area contributed by atoms with Gasteiger partial charge >= 0.3 is 5.97 Å². The lowest BCUT2D eigenvalue weighted by atomic mass is 9.83. The zero-order chi connectivity index (χ0) is 15.6. The number of carboxylic acid groups (broad SMARTS) is 1. The Hall–Kier alpha value is -1.90. The largest absolute Gasteiger partial charge is 0.481 e. The topological polar surface area (TPSA) is 37.3 Å². The first-order valence-corrected chi connectivity index (χ1v) is 7.25. The third-order valence-corrected chi connectivity index (χ3v) is 4.00. The molecule has 0 amide bonds. The highest BCUT2D eigenvalue weighted by molar-refractivity contribution is 5.80. The predicted octanol–water partition coefficient (Wildman–Crippen LogP) is 4.47. The fraction of sp³-hybridized carbons (Fsp3) is 0.389. The highest BCUT2D eigenvalue weighted by Crippen LogP contribution is 2.35. The van der Waals surface area contributed by atoms with Crippen molar-refractivity contribution in [2.45, 2.75) is 39.8 Å². The molecule has 0 saturated heterocycles. The molecule has 21 heavy (non-hydrogen) atoms. The molecular weight excluding hydrogens is 267 g/mol. The number of halogens is 1. The van der Waals surface area contributed by atoms with Crippen LogP contribution in [0.5, 0.6) is 0 Å². The van der Waals surface area contributed by atoms with Crippen LogP contribution in [0.4, 0.5) is 4.39 Å². The number of aliphatic carboxylic acids is 1. The van der Waals surface area contributed by atoms with Crippen LogP contribution >= 0.6 is 0 Å². The van der Waals surface area contributed by atoms with Crippen molar-refractivity contribution in [1.82, 2.24) is 0 Å². The van der Waals surface area contributed by atoms with Crippen molar-refractivity contribution in [2.24, 2.45) is 5.92 Å². The number of benzene rings is 1. The van der Waals surface area contributed by atoms with Crippen LogP contribution in [0.15, 0.2) is 35.9 Å². The molecule has 3 heteroatoms. The Morgan fingerprint density at radius 2 is 1.90 bits per heavy atom. The van der Waals surface area contributed by atoms with Crippen molar-refractivity contribution in [3.05, 3.63) is 52.6 Å². The quantitative estimate of drug-likeness (QED) is 0.887. The van der Waals surface area contributed by atoms with E-state index in [1.807, 2.05) is 51.1 Å². The molecule has 0 spiro atoms. The van der Waals surface area contributed by atoms with E-state index in [4.69, 9.17) is 5.11 Å². The number of alkyl halides is 1. The third-order valence-electron chi connectivity index (χ3n) is 4.00. The molecule has 1 N–H and O–H groups in total. The van der Waals surface area contributed by atoms with Crippen LogP contribution in [-0.2, 0) is 4.79 Å². The number of carboxylic acids is 1. The highest BCUT2D eigenvalue weighted by atomic mass is 19.1. The SMILES string of the molecule is Cc1cccc(C)c1C1=CC(C)C(F)C(CCC(=O)O)=C1. The second-order valence-corrected chi connectivity index (χ2v) is 5.76. The van der Waals surface area contributed by atoms with Gasteiger partial charge in [0.25, 0.3) is 0 Å². The van der Waals surface area contributed by atoms with E-state index in [0.29, 0.717) is 5.57 Å². The van der Waals surface area contributed by atoms with E-state index in [9.17, 15) is 9.18 Å². The zero-order valence-corrected chi connectivity index (χ0v) is 12.7. The van der Waals surface area contributed by atoms with Gasteiger partial charge in [0.1, 0.15) is 6.17 Å². The van der Waals surface area contributed by atoms with Crippen LogP contribution in [0.3, 0.4) is 0 Å². The molecule has 2 nitrogen and oxygen atoms in total. The molecule has 0 aliphatic heterocycles. The first kappa shape index (κ1) is 15.5. The summed E-state index contributed by atoms with van der Waals surface area (Å²) in [5, 5.41) is 8.80. The molecule has 1 aliphatic carbocycles. The Balaban J connectivity index is 2.39. The summed E-state index contributed by atoms with van der Waals surface area (Å²) < 4.78 is 14.3. The lowest BCUT2D eigenvalue weighted by molar-refractivity contribution is -0.137. The van der Waals surface area contributed by atoms with Crippen molar-refractivity contribution in [2.75, 3.05) is 0 Å². The van der Waals surface area contributed by atoms with Gasteiger partial charge in [-0.15, -0.1) is 0 Å². The van der Waals surface area contributed by atoms with Gasteiger partial charge in [-0.1, -0.05) is 37.3 Å². The Bertz CT molecular complexity index is 593. The van der Waals surface area contributed by atoms with Gasteiger partial charge in [0.05, 0.1) is 0 Å². The number of hydrogen-bond acceptors (Lipinski definition) is 1. The summed E-state index contributed by atoms with van der Waals surface area (Å²) in [7, 11) is 0. The molecule has 2 unspecified atom stereocenters. The first-order chi connectivity index (χ1) is 9.90. The fourth-order valence-electron chi connectivity index (χ4n) is 2.92. The van der Waals surface area contributed by atoms with Crippen LogP contribution in [0.2, 0.25) is 0 Å². The lowest BCUT2D eigenvalue weighted by Crippen LogP contribution is -2.18. The molecule has 0 heterocycles. The third kappa shape index (κ3) is 3.41. The van der Waals surface area contributed by atoms with Gasteiger partial charge in [-0.25, -0.2) is 4.39 Å². The van der Waals surface area contributed by atoms with E-state index in [1.165, 1.54) is 0 Å². The van der Waals surface area contributed by atoms with E-state index in [2.05, 4.69) is 0 Å². The van der Waals surface area contributed by atoms with Crippen LogP contribution in [0.25, 0.3) is 5.57 Å². The number of hydrogen-bond donors (Lipinski definition) is 1.